The van der Waals surface area contributed by atoms with Crippen LogP contribution >= 0.6 is 23.2 Å². The molecule has 20 heavy (non-hydrogen) atoms. The Hall–Kier alpha value is -0.820. The highest BCUT2D eigenvalue weighted by Crippen LogP contribution is 2.30. The van der Waals surface area contributed by atoms with Crippen molar-refractivity contribution in [3.63, 3.8) is 0 Å². The normalized spacial score (nSPS) is 11.6. The molecular formula is C12H14Cl2O5S. The van der Waals surface area contributed by atoms with Crippen LogP contribution in [0.3, 0.4) is 0 Å². The lowest BCUT2D eigenvalue weighted by atomic mass is 10.2. The van der Waals surface area contributed by atoms with Crippen LogP contribution < -0.4 is 0 Å². The number of carboxylic acids is 1. The van der Waals surface area contributed by atoms with Crippen molar-refractivity contribution in [2.75, 3.05) is 19.0 Å². The van der Waals surface area contributed by atoms with Crippen LogP contribution in [-0.2, 0) is 14.6 Å². The Balaban J connectivity index is 3.09. The number of rotatable bonds is 7. The fourth-order valence-electron chi connectivity index (χ4n) is 1.47. The number of ether oxygens (including phenoxy) is 1. The molecule has 0 aromatic heterocycles. The Morgan fingerprint density at radius 3 is 2.50 bits per heavy atom. The maximum absolute atomic E-state index is 12.1. The molecule has 0 atom stereocenters. The maximum Gasteiger partial charge on any atom is 0.337 e. The molecule has 0 bridgehead atoms. The standard InChI is InChI=1S/C12H14Cl2O5S/c1-2-3-19-4-5-20(17,18)10-7-8(13)6-9(11(10)14)12(15)16/h6-7H,2-5H2,1H3,(H,15,16). The summed E-state index contributed by atoms with van der Waals surface area (Å²) in [5.74, 6) is -1.62. The van der Waals surface area contributed by atoms with Crippen LogP contribution in [0.5, 0.6) is 0 Å². The van der Waals surface area contributed by atoms with Crippen LogP contribution in [0.25, 0.3) is 0 Å². The quantitative estimate of drug-likeness (QED) is 0.772. The molecule has 1 aromatic rings. The molecular weight excluding hydrogens is 327 g/mol. The fourth-order valence-corrected chi connectivity index (χ4v) is 3.54. The number of halogens is 2. The van der Waals surface area contributed by atoms with Crippen LogP contribution in [0.4, 0.5) is 0 Å². The van der Waals surface area contributed by atoms with E-state index in [1.165, 1.54) is 0 Å². The Morgan fingerprint density at radius 2 is 1.95 bits per heavy atom. The number of carbonyl (C=O) groups is 1. The molecule has 1 rings (SSSR count). The molecule has 1 aromatic carbocycles. The lowest BCUT2D eigenvalue weighted by Crippen LogP contribution is -2.14. The smallest absolute Gasteiger partial charge is 0.337 e. The van der Waals surface area contributed by atoms with E-state index in [1.54, 1.807) is 0 Å². The van der Waals surface area contributed by atoms with Crippen molar-refractivity contribution < 1.29 is 23.1 Å². The molecule has 0 aliphatic heterocycles. The van der Waals surface area contributed by atoms with Crippen LogP contribution in [0.2, 0.25) is 10.0 Å². The van der Waals surface area contributed by atoms with Gasteiger partial charge in [0, 0.05) is 11.6 Å². The number of sulfone groups is 1. The van der Waals surface area contributed by atoms with Crippen molar-refractivity contribution >= 4 is 39.0 Å². The molecule has 0 fully saturated rings. The van der Waals surface area contributed by atoms with Gasteiger partial charge in [0.25, 0.3) is 0 Å². The van der Waals surface area contributed by atoms with Gasteiger partial charge in [-0.05, 0) is 18.6 Å². The molecule has 0 saturated carbocycles. The van der Waals surface area contributed by atoms with Crippen molar-refractivity contribution in [2.24, 2.45) is 0 Å². The van der Waals surface area contributed by atoms with Crippen molar-refractivity contribution in [1.82, 2.24) is 0 Å². The SMILES string of the molecule is CCCOCCS(=O)(=O)c1cc(Cl)cc(C(=O)O)c1Cl. The maximum atomic E-state index is 12.1. The molecule has 0 aliphatic rings. The van der Waals surface area contributed by atoms with Crippen LogP contribution in [0, 0.1) is 0 Å². The van der Waals surface area contributed by atoms with Crippen molar-refractivity contribution in [2.45, 2.75) is 18.2 Å². The molecule has 0 aliphatic carbocycles. The fraction of sp³-hybridized carbons (Fsp3) is 0.417. The second-order valence-electron chi connectivity index (χ2n) is 4.00. The van der Waals surface area contributed by atoms with Gasteiger partial charge in [0.05, 0.1) is 27.8 Å². The summed E-state index contributed by atoms with van der Waals surface area (Å²) in [5.41, 5.74) is -0.341. The minimum atomic E-state index is -3.75. The predicted octanol–water partition coefficient (Wildman–Crippen LogP) is 2.89. The highest BCUT2D eigenvalue weighted by atomic mass is 35.5. The highest BCUT2D eigenvalue weighted by molar-refractivity contribution is 7.91. The molecule has 1 N–H and O–H groups in total. The van der Waals surface area contributed by atoms with E-state index < -0.39 is 15.8 Å². The molecule has 112 valence electrons. The largest absolute Gasteiger partial charge is 0.478 e. The minimum Gasteiger partial charge on any atom is -0.478 e. The molecule has 8 heteroatoms. The van der Waals surface area contributed by atoms with E-state index >= 15 is 0 Å². The van der Waals surface area contributed by atoms with E-state index in [-0.39, 0.29) is 32.9 Å². The zero-order valence-electron chi connectivity index (χ0n) is 10.7. The molecule has 0 saturated heterocycles. The van der Waals surface area contributed by atoms with Gasteiger partial charge in [0.15, 0.2) is 9.84 Å². The Labute approximate surface area is 127 Å². The molecule has 0 spiro atoms. The summed E-state index contributed by atoms with van der Waals surface area (Å²) in [4.78, 5) is 10.7. The Bertz CT molecular complexity index is 598. The molecule has 0 amide bonds. The molecule has 0 radical (unpaired) electrons. The van der Waals surface area contributed by atoms with Gasteiger partial charge in [-0.2, -0.15) is 0 Å². The molecule has 0 unspecified atom stereocenters. The third-order valence-corrected chi connectivity index (χ3v) is 4.85. The number of hydrogen-bond donors (Lipinski definition) is 1. The van der Waals surface area contributed by atoms with Gasteiger partial charge >= 0.3 is 5.97 Å². The van der Waals surface area contributed by atoms with Crippen LogP contribution in [0.15, 0.2) is 17.0 Å². The topological polar surface area (TPSA) is 80.7 Å². The van der Waals surface area contributed by atoms with E-state index in [9.17, 15) is 13.2 Å². The number of carboxylic acid groups (broad SMARTS) is 1. The summed E-state index contributed by atoms with van der Waals surface area (Å²) < 4.78 is 29.4. The van der Waals surface area contributed by atoms with Crippen LogP contribution in [0.1, 0.15) is 23.7 Å². The van der Waals surface area contributed by atoms with Crippen molar-refractivity contribution in [1.29, 1.82) is 0 Å². The summed E-state index contributed by atoms with van der Waals surface area (Å²) in [6, 6.07) is 2.25. The van der Waals surface area contributed by atoms with Gasteiger partial charge in [0.2, 0.25) is 0 Å². The summed E-state index contributed by atoms with van der Waals surface area (Å²) >= 11 is 11.6. The van der Waals surface area contributed by atoms with E-state index in [0.29, 0.717) is 6.61 Å². The van der Waals surface area contributed by atoms with Crippen molar-refractivity contribution in [3.05, 3.63) is 27.7 Å². The second-order valence-corrected chi connectivity index (χ2v) is 6.89. The van der Waals surface area contributed by atoms with E-state index in [2.05, 4.69) is 0 Å². The second kappa shape index (κ2) is 7.26. The lowest BCUT2D eigenvalue weighted by Gasteiger charge is -2.09. The first-order valence-electron chi connectivity index (χ1n) is 5.82. The third kappa shape index (κ3) is 4.34. The summed E-state index contributed by atoms with van der Waals surface area (Å²) in [6.07, 6.45) is 0.779. The van der Waals surface area contributed by atoms with Gasteiger partial charge < -0.3 is 9.84 Å². The Kier molecular flexibility index (Phi) is 6.26. The van der Waals surface area contributed by atoms with Gasteiger partial charge in [-0.15, -0.1) is 0 Å². The summed E-state index contributed by atoms with van der Waals surface area (Å²) in [7, 11) is -3.75. The summed E-state index contributed by atoms with van der Waals surface area (Å²) in [6.45, 7) is 2.38. The highest BCUT2D eigenvalue weighted by Gasteiger charge is 2.23. The minimum absolute atomic E-state index is 0.000137. The van der Waals surface area contributed by atoms with Gasteiger partial charge in [0.1, 0.15) is 0 Å². The predicted molar refractivity (Wildman–Crippen MR) is 76.6 cm³/mol. The Morgan fingerprint density at radius 1 is 1.30 bits per heavy atom. The average molecular weight is 341 g/mol. The number of hydrogen-bond acceptors (Lipinski definition) is 4. The van der Waals surface area contributed by atoms with Crippen LogP contribution in [-0.4, -0.2) is 38.5 Å². The molecule has 5 nitrogen and oxygen atoms in total. The van der Waals surface area contributed by atoms with E-state index in [1.807, 2.05) is 6.92 Å². The first-order chi connectivity index (χ1) is 9.29. The van der Waals surface area contributed by atoms with E-state index in [4.69, 9.17) is 33.0 Å². The first-order valence-corrected chi connectivity index (χ1v) is 8.23. The number of aromatic carboxylic acids is 1. The van der Waals surface area contributed by atoms with Gasteiger partial charge in [-0.3, -0.25) is 0 Å². The zero-order valence-corrected chi connectivity index (χ0v) is 13.1. The van der Waals surface area contributed by atoms with Gasteiger partial charge in [-0.1, -0.05) is 30.1 Å². The summed E-state index contributed by atoms with van der Waals surface area (Å²) in [5, 5.41) is 8.63. The zero-order chi connectivity index (χ0) is 15.3. The number of benzene rings is 1. The molecule has 0 heterocycles. The lowest BCUT2D eigenvalue weighted by molar-refractivity contribution is 0.0697. The monoisotopic (exact) mass is 340 g/mol. The van der Waals surface area contributed by atoms with E-state index in [0.717, 1.165) is 18.6 Å². The first kappa shape index (κ1) is 17.2. The third-order valence-electron chi connectivity index (χ3n) is 2.41. The average Bonchev–Trinajstić information content (AvgIpc) is 2.36. The van der Waals surface area contributed by atoms with Gasteiger partial charge in [-0.25, -0.2) is 13.2 Å². The van der Waals surface area contributed by atoms with Crippen molar-refractivity contribution in [3.8, 4) is 0 Å².